The molecule has 0 aliphatic rings. The lowest BCUT2D eigenvalue weighted by molar-refractivity contribution is 0.102. The molecule has 0 aliphatic carbocycles. The molecular formula is C15H16BrN3O. The van der Waals surface area contributed by atoms with Gasteiger partial charge in [-0.25, -0.2) is 4.98 Å². The molecule has 104 valence electrons. The number of hydrogen-bond donors (Lipinski definition) is 2. The van der Waals surface area contributed by atoms with Gasteiger partial charge in [0.1, 0.15) is 5.82 Å². The van der Waals surface area contributed by atoms with Gasteiger partial charge in [0.25, 0.3) is 5.91 Å². The Morgan fingerprint density at radius 1 is 1.35 bits per heavy atom. The summed E-state index contributed by atoms with van der Waals surface area (Å²) in [5, 5.41) is 2.78. The number of pyridine rings is 1. The van der Waals surface area contributed by atoms with Crippen LogP contribution in [-0.2, 0) is 6.42 Å². The van der Waals surface area contributed by atoms with Crippen LogP contribution in [-0.4, -0.2) is 17.4 Å². The van der Waals surface area contributed by atoms with Gasteiger partial charge in [-0.1, -0.05) is 12.1 Å². The third-order valence-corrected chi connectivity index (χ3v) is 3.77. The van der Waals surface area contributed by atoms with Crippen molar-refractivity contribution in [3.63, 3.8) is 0 Å². The topological polar surface area (TPSA) is 68.0 Å². The summed E-state index contributed by atoms with van der Waals surface area (Å²) < 4.78 is 0.918. The maximum Gasteiger partial charge on any atom is 0.256 e. The minimum atomic E-state index is -0.168. The highest BCUT2D eigenvalue weighted by molar-refractivity contribution is 9.10. The Balaban J connectivity index is 2.09. The molecular weight excluding hydrogens is 318 g/mol. The Morgan fingerprint density at radius 2 is 2.05 bits per heavy atom. The van der Waals surface area contributed by atoms with Crippen molar-refractivity contribution in [3.05, 3.63) is 57.7 Å². The molecule has 0 fully saturated rings. The fourth-order valence-electron chi connectivity index (χ4n) is 1.79. The summed E-state index contributed by atoms with van der Waals surface area (Å²) in [6.07, 6.45) is 2.49. The fourth-order valence-corrected chi connectivity index (χ4v) is 2.00. The summed E-state index contributed by atoms with van der Waals surface area (Å²) in [5.74, 6) is 0.375. The van der Waals surface area contributed by atoms with E-state index in [1.165, 1.54) is 0 Å². The van der Waals surface area contributed by atoms with Gasteiger partial charge in [0.05, 0.1) is 0 Å². The molecule has 0 saturated heterocycles. The van der Waals surface area contributed by atoms with Crippen LogP contribution in [0.2, 0.25) is 0 Å². The van der Waals surface area contributed by atoms with E-state index >= 15 is 0 Å². The molecule has 2 rings (SSSR count). The first kappa shape index (κ1) is 14.7. The van der Waals surface area contributed by atoms with Crippen LogP contribution >= 0.6 is 15.9 Å². The number of benzene rings is 1. The molecule has 0 atom stereocenters. The van der Waals surface area contributed by atoms with Crippen molar-refractivity contribution in [1.29, 1.82) is 0 Å². The van der Waals surface area contributed by atoms with Crippen molar-refractivity contribution >= 4 is 27.7 Å². The number of nitrogens with one attached hydrogen (secondary N) is 1. The lowest BCUT2D eigenvalue weighted by atomic mass is 10.1. The van der Waals surface area contributed by atoms with Crippen molar-refractivity contribution < 1.29 is 4.79 Å². The molecule has 1 aromatic heterocycles. The van der Waals surface area contributed by atoms with E-state index in [1.54, 1.807) is 18.3 Å². The summed E-state index contributed by atoms with van der Waals surface area (Å²) in [4.78, 5) is 16.2. The molecule has 0 unspecified atom stereocenters. The molecule has 4 nitrogen and oxygen atoms in total. The number of aromatic nitrogens is 1. The molecule has 2 aromatic rings. The second kappa shape index (κ2) is 6.63. The van der Waals surface area contributed by atoms with Crippen LogP contribution in [0.15, 0.2) is 41.0 Å². The van der Waals surface area contributed by atoms with E-state index in [4.69, 9.17) is 5.73 Å². The fraction of sp³-hybridized carbons (Fsp3) is 0.200. The minimum Gasteiger partial charge on any atom is -0.330 e. The number of hydrogen-bond acceptors (Lipinski definition) is 3. The molecule has 0 radical (unpaired) electrons. The molecule has 0 bridgehead atoms. The monoisotopic (exact) mass is 333 g/mol. The Bertz CT molecular complexity index is 611. The number of nitrogens with zero attached hydrogens (tertiary/aromatic N) is 1. The number of anilines is 1. The van der Waals surface area contributed by atoms with Gasteiger partial charge in [0, 0.05) is 16.2 Å². The minimum absolute atomic E-state index is 0.168. The lowest BCUT2D eigenvalue weighted by Gasteiger charge is -2.07. The molecule has 3 N–H and O–H groups in total. The second-order valence-corrected chi connectivity index (χ2v) is 5.36. The Morgan fingerprint density at radius 3 is 2.65 bits per heavy atom. The number of carbonyl (C=O) groups excluding carboxylic acids is 1. The molecule has 1 amide bonds. The van der Waals surface area contributed by atoms with Gasteiger partial charge in [0.2, 0.25) is 0 Å². The predicted octanol–water partition coefficient (Wildman–Crippen LogP) is 2.91. The largest absolute Gasteiger partial charge is 0.330 e. The predicted molar refractivity (Wildman–Crippen MR) is 83.8 cm³/mol. The van der Waals surface area contributed by atoms with Crippen molar-refractivity contribution in [1.82, 2.24) is 4.98 Å². The normalized spacial score (nSPS) is 10.3. The van der Waals surface area contributed by atoms with E-state index in [-0.39, 0.29) is 5.91 Å². The number of rotatable bonds is 4. The van der Waals surface area contributed by atoms with Gasteiger partial charge in [-0.3, -0.25) is 4.79 Å². The van der Waals surface area contributed by atoms with E-state index in [0.29, 0.717) is 17.9 Å². The summed E-state index contributed by atoms with van der Waals surface area (Å²) in [5.41, 5.74) is 8.25. The van der Waals surface area contributed by atoms with Gasteiger partial charge < -0.3 is 11.1 Å². The van der Waals surface area contributed by atoms with Crippen LogP contribution in [0.25, 0.3) is 0 Å². The zero-order valence-corrected chi connectivity index (χ0v) is 12.8. The van der Waals surface area contributed by atoms with Crippen molar-refractivity contribution in [2.24, 2.45) is 5.73 Å². The SMILES string of the molecule is Cc1cc(NC(=O)c2ccc(CCN)cc2)ncc1Br. The zero-order valence-electron chi connectivity index (χ0n) is 11.2. The van der Waals surface area contributed by atoms with Crippen LogP contribution in [0.1, 0.15) is 21.5 Å². The first-order chi connectivity index (χ1) is 9.60. The van der Waals surface area contributed by atoms with E-state index in [9.17, 15) is 4.79 Å². The number of amides is 1. The average Bonchev–Trinajstić information content (AvgIpc) is 2.44. The average molecular weight is 334 g/mol. The summed E-state index contributed by atoms with van der Waals surface area (Å²) in [6.45, 7) is 2.55. The van der Waals surface area contributed by atoms with Crippen molar-refractivity contribution in [3.8, 4) is 0 Å². The molecule has 0 spiro atoms. The highest BCUT2D eigenvalue weighted by atomic mass is 79.9. The number of carbonyl (C=O) groups is 1. The van der Waals surface area contributed by atoms with Gasteiger partial charge in [-0.15, -0.1) is 0 Å². The van der Waals surface area contributed by atoms with Crippen LogP contribution in [0.5, 0.6) is 0 Å². The third kappa shape index (κ3) is 3.65. The molecule has 5 heteroatoms. The molecule has 0 saturated carbocycles. The number of halogens is 1. The van der Waals surface area contributed by atoms with Gasteiger partial charge >= 0.3 is 0 Å². The maximum absolute atomic E-state index is 12.1. The van der Waals surface area contributed by atoms with E-state index in [1.807, 2.05) is 25.1 Å². The second-order valence-electron chi connectivity index (χ2n) is 4.51. The van der Waals surface area contributed by atoms with Crippen LogP contribution in [0, 0.1) is 6.92 Å². The quantitative estimate of drug-likeness (QED) is 0.903. The Kier molecular flexibility index (Phi) is 4.87. The van der Waals surface area contributed by atoms with Crippen molar-refractivity contribution in [2.75, 3.05) is 11.9 Å². The lowest BCUT2D eigenvalue weighted by Crippen LogP contribution is -2.13. The standard InChI is InChI=1S/C15H16BrN3O/c1-10-8-14(18-9-13(10)16)19-15(20)12-4-2-11(3-5-12)6-7-17/h2-5,8-9H,6-7,17H2,1H3,(H,18,19,20). The zero-order chi connectivity index (χ0) is 14.5. The van der Waals surface area contributed by atoms with Crippen LogP contribution in [0.4, 0.5) is 5.82 Å². The molecule has 1 aromatic carbocycles. The van der Waals surface area contributed by atoms with Gasteiger partial charge in [-0.05, 0) is 65.1 Å². The van der Waals surface area contributed by atoms with Gasteiger partial charge in [-0.2, -0.15) is 0 Å². The van der Waals surface area contributed by atoms with E-state index < -0.39 is 0 Å². The van der Waals surface area contributed by atoms with Crippen LogP contribution in [0.3, 0.4) is 0 Å². The summed E-state index contributed by atoms with van der Waals surface area (Å²) in [6, 6.07) is 9.26. The Labute approximate surface area is 126 Å². The maximum atomic E-state index is 12.1. The van der Waals surface area contributed by atoms with Gasteiger partial charge in [0.15, 0.2) is 0 Å². The third-order valence-electron chi connectivity index (χ3n) is 2.94. The summed E-state index contributed by atoms with van der Waals surface area (Å²) in [7, 11) is 0. The van der Waals surface area contributed by atoms with E-state index in [2.05, 4.69) is 26.2 Å². The van der Waals surface area contributed by atoms with E-state index in [0.717, 1.165) is 22.0 Å². The highest BCUT2D eigenvalue weighted by Crippen LogP contribution is 2.17. The smallest absolute Gasteiger partial charge is 0.256 e. The molecule has 0 aliphatic heterocycles. The summed E-state index contributed by atoms with van der Waals surface area (Å²) >= 11 is 3.38. The van der Waals surface area contributed by atoms with Crippen molar-refractivity contribution in [2.45, 2.75) is 13.3 Å². The Hall–Kier alpha value is -1.72. The highest BCUT2D eigenvalue weighted by Gasteiger charge is 2.07. The van der Waals surface area contributed by atoms with Crippen LogP contribution < -0.4 is 11.1 Å². The first-order valence-corrected chi connectivity index (χ1v) is 7.12. The number of nitrogens with two attached hydrogens (primary N) is 1. The molecule has 1 heterocycles. The molecule has 20 heavy (non-hydrogen) atoms. The first-order valence-electron chi connectivity index (χ1n) is 6.32. The number of aryl methyl sites for hydroxylation is 1.